The topological polar surface area (TPSA) is 98.2 Å². The van der Waals surface area contributed by atoms with Gasteiger partial charge in [-0.2, -0.15) is 0 Å². The van der Waals surface area contributed by atoms with E-state index < -0.39 is 4.92 Å². The highest BCUT2D eigenvalue weighted by molar-refractivity contribution is 5.69. The number of nitrogen functional groups attached to an aromatic ring is 1. The largest absolute Gasteiger partial charge is 0.378 e. The van der Waals surface area contributed by atoms with Gasteiger partial charge in [0.05, 0.1) is 4.92 Å². The van der Waals surface area contributed by atoms with E-state index >= 15 is 0 Å². The maximum absolute atomic E-state index is 11.1. The molecule has 0 saturated heterocycles. The van der Waals surface area contributed by atoms with Crippen molar-refractivity contribution >= 4 is 17.3 Å². The zero-order valence-electron chi connectivity index (χ0n) is 10.4. The first-order valence-electron chi connectivity index (χ1n) is 6.16. The zero-order chi connectivity index (χ0) is 13.1. The molecule has 1 aliphatic carbocycles. The highest BCUT2D eigenvalue weighted by atomic mass is 16.6. The predicted octanol–water partition coefficient (Wildman–Crippen LogP) is 1.74. The molecule has 7 heteroatoms. The molecule has 1 aromatic rings. The fourth-order valence-electron chi connectivity index (χ4n) is 1.94. The van der Waals surface area contributed by atoms with Gasteiger partial charge < -0.3 is 10.6 Å². The van der Waals surface area contributed by atoms with Crippen LogP contribution in [0.5, 0.6) is 0 Å². The summed E-state index contributed by atoms with van der Waals surface area (Å²) in [6.07, 6.45) is 5.43. The van der Waals surface area contributed by atoms with Gasteiger partial charge >= 0.3 is 5.69 Å². The maximum Gasteiger partial charge on any atom is 0.353 e. The smallest absolute Gasteiger partial charge is 0.353 e. The first kappa shape index (κ1) is 12.5. The fraction of sp³-hybridized carbons (Fsp3) is 0.636. The third-order valence-corrected chi connectivity index (χ3v) is 3.03. The number of rotatable bonds is 6. The summed E-state index contributed by atoms with van der Waals surface area (Å²) in [5, 5.41) is 11.1. The molecular formula is C11H17N5O2. The summed E-state index contributed by atoms with van der Waals surface area (Å²) in [4.78, 5) is 20.4. The van der Waals surface area contributed by atoms with Crippen LogP contribution in [0.3, 0.4) is 0 Å². The average molecular weight is 251 g/mol. The highest BCUT2D eigenvalue weighted by Crippen LogP contribution is 2.37. The highest BCUT2D eigenvalue weighted by Gasteiger charge is 2.35. The summed E-state index contributed by atoms with van der Waals surface area (Å²) in [6, 6.07) is 0.365. The normalized spacial score (nSPS) is 14.5. The van der Waals surface area contributed by atoms with Crippen LogP contribution in [0.25, 0.3) is 0 Å². The fourth-order valence-corrected chi connectivity index (χ4v) is 1.94. The van der Waals surface area contributed by atoms with Crippen LogP contribution in [0.2, 0.25) is 0 Å². The van der Waals surface area contributed by atoms with Crippen molar-refractivity contribution in [3.8, 4) is 0 Å². The van der Waals surface area contributed by atoms with Crippen molar-refractivity contribution in [2.24, 2.45) is 0 Å². The van der Waals surface area contributed by atoms with Crippen molar-refractivity contribution in [2.45, 2.75) is 38.6 Å². The Morgan fingerprint density at radius 2 is 2.28 bits per heavy atom. The Kier molecular flexibility index (Phi) is 3.59. The Labute approximate surface area is 105 Å². The van der Waals surface area contributed by atoms with E-state index in [1.165, 1.54) is 6.33 Å². The third-order valence-electron chi connectivity index (χ3n) is 3.03. The second-order valence-corrected chi connectivity index (χ2v) is 4.47. The molecule has 0 bridgehead atoms. The standard InChI is InChI=1S/C11H17N5O2/c1-2-3-6-15(8-4-5-8)11-9(16(17)18)10(12)13-7-14-11/h7-8H,2-6H2,1H3,(H2,12,13,14). The molecule has 18 heavy (non-hydrogen) atoms. The van der Waals surface area contributed by atoms with E-state index in [4.69, 9.17) is 5.73 Å². The lowest BCUT2D eigenvalue weighted by Gasteiger charge is -2.22. The lowest BCUT2D eigenvalue weighted by Crippen LogP contribution is -2.28. The lowest BCUT2D eigenvalue weighted by atomic mass is 10.3. The molecule has 1 saturated carbocycles. The third kappa shape index (κ3) is 2.49. The predicted molar refractivity (Wildman–Crippen MR) is 68.4 cm³/mol. The minimum atomic E-state index is -0.494. The number of nitrogens with zero attached hydrogens (tertiary/aromatic N) is 4. The molecule has 2 rings (SSSR count). The molecule has 7 nitrogen and oxygen atoms in total. The van der Waals surface area contributed by atoms with Gasteiger partial charge in [0.2, 0.25) is 11.6 Å². The van der Waals surface area contributed by atoms with Crippen LogP contribution >= 0.6 is 0 Å². The second-order valence-electron chi connectivity index (χ2n) is 4.47. The van der Waals surface area contributed by atoms with Gasteiger partial charge in [-0.3, -0.25) is 10.1 Å². The van der Waals surface area contributed by atoms with E-state index in [1.54, 1.807) is 0 Å². The van der Waals surface area contributed by atoms with Crippen LogP contribution in [0.4, 0.5) is 17.3 Å². The minimum absolute atomic E-state index is 0.0628. The van der Waals surface area contributed by atoms with Gasteiger partial charge in [0, 0.05) is 12.6 Å². The Bertz CT molecular complexity index is 447. The molecule has 1 fully saturated rings. The Hall–Kier alpha value is -1.92. The number of aromatic nitrogens is 2. The molecular weight excluding hydrogens is 234 g/mol. The van der Waals surface area contributed by atoms with Gasteiger partial charge in [-0.05, 0) is 19.3 Å². The molecule has 0 unspecified atom stereocenters. The van der Waals surface area contributed by atoms with E-state index in [1.807, 2.05) is 4.90 Å². The maximum atomic E-state index is 11.1. The summed E-state index contributed by atoms with van der Waals surface area (Å²) in [7, 11) is 0. The summed E-state index contributed by atoms with van der Waals surface area (Å²) in [5.74, 6) is 0.301. The second kappa shape index (κ2) is 5.16. The molecule has 0 amide bonds. The van der Waals surface area contributed by atoms with Gasteiger partial charge in [-0.1, -0.05) is 13.3 Å². The molecule has 0 aromatic carbocycles. The van der Waals surface area contributed by atoms with Crippen molar-refractivity contribution in [1.82, 2.24) is 9.97 Å². The van der Waals surface area contributed by atoms with Crippen LogP contribution in [-0.2, 0) is 0 Å². The van der Waals surface area contributed by atoms with E-state index in [2.05, 4.69) is 16.9 Å². The number of hydrogen-bond donors (Lipinski definition) is 1. The summed E-state index contributed by atoms with van der Waals surface area (Å²) in [6.45, 7) is 2.87. The first-order valence-corrected chi connectivity index (χ1v) is 6.16. The van der Waals surface area contributed by atoms with Gasteiger partial charge in [0.25, 0.3) is 0 Å². The molecule has 1 aliphatic rings. The molecule has 98 valence electrons. The summed E-state index contributed by atoms with van der Waals surface area (Å²) in [5.41, 5.74) is 5.42. The van der Waals surface area contributed by atoms with Crippen LogP contribution in [-0.4, -0.2) is 27.5 Å². The van der Waals surface area contributed by atoms with E-state index in [-0.39, 0.29) is 11.5 Å². The van der Waals surface area contributed by atoms with Crippen molar-refractivity contribution < 1.29 is 4.92 Å². The average Bonchev–Trinajstić information content (AvgIpc) is 3.13. The number of nitrogens with two attached hydrogens (primary N) is 1. The molecule has 0 spiro atoms. The van der Waals surface area contributed by atoms with Crippen molar-refractivity contribution in [3.05, 3.63) is 16.4 Å². The van der Waals surface area contributed by atoms with E-state index in [9.17, 15) is 10.1 Å². The lowest BCUT2D eigenvalue weighted by molar-refractivity contribution is -0.383. The Morgan fingerprint density at radius 1 is 1.56 bits per heavy atom. The van der Waals surface area contributed by atoms with Crippen LogP contribution in [0.1, 0.15) is 32.6 Å². The number of nitro groups is 1. The molecule has 1 heterocycles. The Balaban J connectivity index is 2.34. The molecule has 0 radical (unpaired) electrons. The molecule has 0 aliphatic heterocycles. The SMILES string of the molecule is CCCCN(c1ncnc(N)c1[N+](=O)[O-])C1CC1. The number of anilines is 2. The van der Waals surface area contributed by atoms with E-state index in [0.717, 1.165) is 32.2 Å². The monoisotopic (exact) mass is 251 g/mol. The molecule has 0 atom stereocenters. The number of unbranched alkanes of at least 4 members (excludes halogenated alkanes) is 1. The van der Waals surface area contributed by atoms with Gasteiger partial charge in [0.15, 0.2) is 0 Å². The molecule has 1 aromatic heterocycles. The van der Waals surface area contributed by atoms with Crippen LogP contribution < -0.4 is 10.6 Å². The van der Waals surface area contributed by atoms with Gasteiger partial charge in [0.1, 0.15) is 6.33 Å². The number of hydrogen-bond acceptors (Lipinski definition) is 6. The Morgan fingerprint density at radius 3 is 2.83 bits per heavy atom. The van der Waals surface area contributed by atoms with Gasteiger partial charge in [-0.15, -0.1) is 0 Å². The van der Waals surface area contributed by atoms with Crippen LogP contribution in [0, 0.1) is 10.1 Å². The van der Waals surface area contributed by atoms with Crippen molar-refractivity contribution in [2.75, 3.05) is 17.2 Å². The minimum Gasteiger partial charge on any atom is -0.378 e. The van der Waals surface area contributed by atoms with Crippen molar-refractivity contribution in [1.29, 1.82) is 0 Å². The first-order chi connectivity index (χ1) is 8.65. The van der Waals surface area contributed by atoms with Crippen molar-refractivity contribution in [3.63, 3.8) is 0 Å². The summed E-state index contributed by atoms with van der Waals surface area (Å²) >= 11 is 0. The quantitative estimate of drug-likeness (QED) is 0.610. The zero-order valence-corrected chi connectivity index (χ0v) is 10.4. The van der Waals surface area contributed by atoms with E-state index in [0.29, 0.717) is 11.9 Å². The van der Waals surface area contributed by atoms with Gasteiger partial charge in [-0.25, -0.2) is 9.97 Å². The molecule has 2 N–H and O–H groups in total. The summed E-state index contributed by atoms with van der Waals surface area (Å²) < 4.78 is 0. The van der Waals surface area contributed by atoms with Crippen LogP contribution in [0.15, 0.2) is 6.33 Å².